The van der Waals surface area contributed by atoms with Gasteiger partial charge in [0.2, 0.25) is 0 Å². The highest BCUT2D eigenvalue weighted by atomic mass is 19.4. The SMILES string of the molecule is CC(C(NC(=O)OCc1ccccc1)C(=O)O)n1ccc(C(F)(F)F)n1. The van der Waals surface area contributed by atoms with Crippen LogP contribution in [-0.2, 0) is 22.3 Å². The molecular weight excluding hydrogens is 355 g/mol. The van der Waals surface area contributed by atoms with Gasteiger partial charge in [-0.3, -0.25) is 4.68 Å². The number of nitrogens with zero attached hydrogens (tertiary/aromatic N) is 2. The smallest absolute Gasteiger partial charge is 0.435 e. The number of carbonyl (C=O) groups is 2. The normalized spacial score (nSPS) is 13.7. The summed E-state index contributed by atoms with van der Waals surface area (Å²) in [6.45, 7) is 1.25. The van der Waals surface area contributed by atoms with E-state index in [9.17, 15) is 27.9 Å². The van der Waals surface area contributed by atoms with Crippen molar-refractivity contribution in [2.45, 2.75) is 31.8 Å². The van der Waals surface area contributed by atoms with Gasteiger partial charge in [-0.1, -0.05) is 30.3 Å². The van der Waals surface area contributed by atoms with Gasteiger partial charge < -0.3 is 15.2 Å². The van der Waals surface area contributed by atoms with E-state index in [1.54, 1.807) is 30.3 Å². The van der Waals surface area contributed by atoms with Gasteiger partial charge in [0.15, 0.2) is 11.7 Å². The minimum atomic E-state index is -4.65. The Labute approximate surface area is 146 Å². The zero-order valence-corrected chi connectivity index (χ0v) is 13.6. The molecular formula is C16H16F3N3O4. The number of carboxylic acid groups (broad SMARTS) is 1. The highest BCUT2D eigenvalue weighted by Gasteiger charge is 2.35. The third-order valence-electron chi connectivity index (χ3n) is 3.55. The summed E-state index contributed by atoms with van der Waals surface area (Å²) in [5.41, 5.74) is -0.454. The Balaban J connectivity index is 2.02. The number of hydrogen-bond acceptors (Lipinski definition) is 4. The summed E-state index contributed by atoms with van der Waals surface area (Å²) in [5, 5.41) is 14.7. The first-order valence-electron chi connectivity index (χ1n) is 7.51. The average Bonchev–Trinajstić information content (AvgIpc) is 3.08. The molecule has 2 aromatic rings. The molecule has 7 nitrogen and oxygen atoms in total. The number of alkyl halides is 3. The monoisotopic (exact) mass is 371 g/mol. The number of carboxylic acids is 1. The number of nitrogens with one attached hydrogen (secondary N) is 1. The quantitative estimate of drug-likeness (QED) is 0.814. The summed E-state index contributed by atoms with van der Waals surface area (Å²) in [6, 6.07) is 6.82. The molecule has 1 aromatic carbocycles. The molecule has 0 aliphatic heterocycles. The number of amides is 1. The van der Waals surface area contributed by atoms with Crippen molar-refractivity contribution in [2.24, 2.45) is 0 Å². The van der Waals surface area contributed by atoms with Gasteiger partial charge in [0.05, 0.1) is 6.04 Å². The van der Waals surface area contributed by atoms with E-state index in [1.807, 2.05) is 0 Å². The minimum Gasteiger partial charge on any atom is -0.480 e. The van der Waals surface area contributed by atoms with Crippen LogP contribution >= 0.6 is 0 Å². The molecule has 2 atom stereocenters. The number of alkyl carbamates (subject to hydrolysis) is 1. The van der Waals surface area contributed by atoms with E-state index in [2.05, 4.69) is 10.4 Å². The molecule has 0 aliphatic rings. The number of aromatic nitrogens is 2. The van der Waals surface area contributed by atoms with Crippen molar-refractivity contribution < 1.29 is 32.6 Å². The van der Waals surface area contributed by atoms with Crippen molar-refractivity contribution in [1.82, 2.24) is 15.1 Å². The Bertz CT molecular complexity index is 762. The van der Waals surface area contributed by atoms with Gasteiger partial charge in [0, 0.05) is 6.20 Å². The summed E-state index contributed by atoms with van der Waals surface area (Å²) in [6.07, 6.45) is -4.65. The lowest BCUT2D eigenvalue weighted by Crippen LogP contribution is -2.46. The molecule has 0 spiro atoms. The van der Waals surface area contributed by atoms with Crippen LogP contribution in [0.3, 0.4) is 0 Å². The Morgan fingerprint density at radius 2 is 1.92 bits per heavy atom. The van der Waals surface area contributed by atoms with Crippen LogP contribution < -0.4 is 5.32 Å². The lowest BCUT2D eigenvalue weighted by atomic mass is 10.1. The van der Waals surface area contributed by atoms with E-state index >= 15 is 0 Å². The summed E-state index contributed by atoms with van der Waals surface area (Å²) in [7, 11) is 0. The average molecular weight is 371 g/mol. The second-order valence-electron chi connectivity index (χ2n) is 5.44. The molecule has 1 heterocycles. The second-order valence-corrected chi connectivity index (χ2v) is 5.44. The molecule has 0 fully saturated rings. The van der Waals surface area contributed by atoms with E-state index in [0.717, 1.165) is 16.9 Å². The molecule has 2 unspecified atom stereocenters. The maximum absolute atomic E-state index is 12.6. The van der Waals surface area contributed by atoms with E-state index in [1.165, 1.54) is 6.92 Å². The molecule has 2 rings (SSSR count). The van der Waals surface area contributed by atoms with E-state index < -0.39 is 36.0 Å². The standard InChI is InChI=1S/C16H16F3N3O4/c1-10(22-8-7-12(21-22)16(17,18)19)13(14(23)24)20-15(25)26-9-11-5-3-2-4-6-11/h2-8,10,13H,9H2,1H3,(H,20,25)(H,23,24). The Morgan fingerprint density at radius 3 is 2.46 bits per heavy atom. The fourth-order valence-corrected chi connectivity index (χ4v) is 2.15. The van der Waals surface area contributed by atoms with Crippen LogP contribution in [0.4, 0.5) is 18.0 Å². The number of carbonyl (C=O) groups excluding carboxylic acids is 1. The number of aliphatic carboxylic acids is 1. The van der Waals surface area contributed by atoms with Crippen molar-refractivity contribution in [1.29, 1.82) is 0 Å². The summed E-state index contributed by atoms with van der Waals surface area (Å²) in [4.78, 5) is 23.2. The molecule has 0 saturated carbocycles. The van der Waals surface area contributed by atoms with Crippen LogP contribution in [0.2, 0.25) is 0 Å². The number of halogens is 3. The van der Waals surface area contributed by atoms with Crippen molar-refractivity contribution >= 4 is 12.1 Å². The predicted molar refractivity (Wildman–Crippen MR) is 83.1 cm³/mol. The van der Waals surface area contributed by atoms with Gasteiger partial charge in [0.25, 0.3) is 0 Å². The summed E-state index contributed by atoms with van der Waals surface area (Å²) < 4.78 is 43.6. The van der Waals surface area contributed by atoms with Crippen molar-refractivity contribution in [3.05, 3.63) is 53.9 Å². The first kappa shape index (κ1) is 19.3. The third kappa shape index (κ3) is 4.98. The zero-order chi connectivity index (χ0) is 19.3. The second kappa shape index (κ2) is 7.89. The van der Waals surface area contributed by atoms with Crippen molar-refractivity contribution in [3.8, 4) is 0 Å². The highest BCUT2D eigenvalue weighted by Crippen LogP contribution is 2.28. The Kier molecular flexibility index (Phi) is 5.86. The molecule has 1 amide bonds. The fraction of sp³-hybridized carbons (Fsp3) is 0.312. The van der Waals surface area contributed by atoms with Crippen LogP contribution in [0, 0.1) is 0 Å². The molecule has 0 aliphatic carbocycles. The van der Waals surface area contributed by atoms with Crippen molar-refractivity contribution in [2.75, 3.05) is 0 Å². The molecule has 10 heteroatoms. The lowest BCUT2D eigenvalue weighted by molar-refractivity contribution is -0.141. The van der Waals surface area contributed by atoms with E-state index in [0.29, 0.717) is 5.56 Å². The van der Waals surface area contributed by atoms with Crippen molar-refractivity contribution in [3.63, 3.8) is 0 Å². The number of hydrogen-bond donors (Lipinski definition) is 2. The molecule has 2 N–H and O–H groups in total. The van der Waals surface area contributed by atoms with Crippen LogP contribution in [0.1, 0.15) is 24.2 Å². The summed E-state index contributed by atoms with van der Waals surface area (Å²) >= 11 is 0. The molecule has 140 valence electrons. The van der Waals surface area contributed by atoms with Gasteiger partial charge in [0.1, 0.15) is 6.61 Å². The van der Waals surface area contributed by atoms with Gasteiger partial charge in [-0.2, -0.15) is 18.3 Å². The molecule has 26 heavy (non-hydrogen) atoms. The lowest BCUT2D eigenvalue weighted by Gasteiger charge is -2.21. The molecule has 0 saturated heterocycles. The Hall–Kier alpha value is -3.04. The predicted octanol–water partition coefficient (Wildman–Crippen LogP) is 2.84. The fourth-order valence-electron chi connectivity index (χ4n) is 2.15. The third-order valence-corrected chi connectivity index (χ3v) is 3.55. The number of benzene rings is 1. The van der Waals surface area contributed by atoms with E-state index in [4.69, 9.17) is 4.74 Å². The first-order valence-corrected chi connectivity index (χ1v) is 7.51. The molecule has 0 bridgehead atoms. The first-order chi connectivity index (χ1) is 12.2. The Morgan fingerprint density at radius 1 is 1.27 bits per heavy atom. The molecule has 0 radical (unpaired) electrons. The number of rotatable bonds is 6. The highest BCUT2D eigenvalue weighted by molar-refractivity contribution is 5.80. The van der Waals surface area contributed by atoms with Crippen LogP contribution in [0.15, 0.2) is 42.6 Å². The van der Waals surface area contributed by atoms with Gasteiger partial charge in [-0.15, -0.1) is 0 Å². The van der Waals surface area contributed by atoms with Crippen LogP contribution in [-0.4, -0.2) is 33.0 Å². The van der Waals surface area contributed by atoms with E-state index in [-0.39, 0.29) is 6.61 Å². The maximum atomic E-state index is 12.6. The van der Waals surface area contributed by atoms with Crippen LogP contribution in [0.5, 0.6) is 0 Å². The van der Waals surface area contributed by atoms with Gasteiger partial charge in [-0.25, -0.2) is 9.59 Å². The topological polar surface area (TPSA) is 93.5 Å². The van der Waals surface area contributed by atoms with Gasteiger partial charge in [-0.05, 0) is 18.6 Å². The molecule has 1 aromatic heterocycles. The van der Waals surface area contributed by atoms with Crippen LogP contribution in [0.25, 0.3) is 0 Å². The largest absolute Gasteiger partial charge is 0.480 e. The number of ether oxygens (including phenoxy) is 1. The minimum absolute atomic E-state index is 0.0760. The summed E-state index contributed by atoms with van der Waals surface area (Å²) in [5.74, 6) is -1.43. The zero-order valence-electron chi connectivity index (χ0n) is 13.6. The van der Waals surface area contributed by atoms with Gasteiger partial charge >= 0.3 is 18.2 Å². The maximum Gasteiger partial charge on any atom is 0.435 e.